The SMILES string of the molecule is O=c1c(CNCc2ccc(F)cc2)cc2ccc(OCc3ccccc3)cc2n1CCN1CCCCC1. The van der Waals surface area contributed by atoms with Crippen molar-refractivity contribution in [3.8, 4) is 5.75 Å². The predicted molar refractivity (Wildman–Crippen MR) is 146 cm³/mol. The first kappa shape index (κ1) is 25.2. The topological polar surface area (TPSA) is 46.5 Å². The maximum atomic E-state index is 13.6. The Kier molecular flexibility index (Phi) is 8.28. The van der Waals surface area contributed by atoms with Crippen molar-refractivity contribution in [2.24, 2.45) is 0 Å². The van der Waals surface area contributed by atoms with Crippen LogP contribution in [0.4, 0.5) is 4.39 Å². The van der Waals surface area contributed by atoms with Gasteiger partial charge in [0, 0.05) is 37.8 Å². The van der Waals surface area contributed by atoms with Crippen molar-refractivity contribution in [2.45, 2.75) is 45.5 Å². The van der Waals surface area contributed by atoms with Gasteiger partial charge in [0.25, 0.3) is 5.56 Å². The molecule has 1 aliphatic heterocycles. The maximum Gasteiger partial charge on any atom is 0.255 e. The molecule has 5 rings (SSSR count). The molecule has 5 nitrogen and oxygen atoms in total. The van der Waals surface area contributed by atoms with Crippen molar-refractivity contribution in [1.82, 2.24) is 14.8 Å². The van der Waals surface area contributed by atoms with Crippen LogP contribution in [0.3, 0.4) is 0 Å². The number of rotatable bonds is 10. The molecule has 192 valence electrons. The molecular formula is C31H34FN3O2. The summed E-state index contributed by atoms with van der Waals surface area (Å²) in [5.74, 6) is 0.506. The third-order valence-corrected chi connectivity index (χ3v) is 7.04. The minimum absolute atomic E-state index is 0.0244. The molecule has 3 aromatic carbocycles. The van der Waals surface area contributed by atoms with E-state index in [9.17, 15) is 9.18 Å². The number of aromatic nitrogens is 1. The Morgan fingerprint density at radius 1 is 0.811 bits per heavy atom. The maximum absolute atomic E-state index is 13.6. The van der Waals surface area contributed by atoms with E-state index in [1.807, 2.05) is 59.2 Å². The average Bonchev–Trinajstić information content (AvgIpc) is 2.94. The van der Waals surface area contributed by atoms with Gasteiger partial charge in [0.05, 0.1) is 5.52 Å². The highest BCUT2D eigenvalue weighted by molar-refractivity contribution is 5.81. The summed E-state index contributed by atoms with van der Waals surface area (Å²) in [4.78, 5) is 16.1. The van der Waals surface area contributed by atoms with Crippen molar-refractivity contribution in [3.05, 3.63) is 112 Å². The van der Waals surface area contributed by atoms with E-state index in [-0.39, 0.29) is 11.4 Å². The molecule has 1 aromatic heterocycles. The lowest BCUT2D eigenvalue weighted by atomic mass is 10.1. The number of nitrogens with zero attached hydrogens (tertiary/aromatic N) is 2. The van der Waals surface area contributed by atoms with E-state index in [0.29, 0.717) is 26.2 Å². The molecule has 1 saturated heterocycles. The molecule has 1 aliphatic rings. The molecule has 0 radical (unpaired) electrons. The summed E-state index contributed by atoms with van der Waals surface area (Å²) < 4.78 is 21.2. The fraction of sp³-hybridized carbons (Fsp3) is 0.323. The van der Waals surface area contributed by atoms with Crippen LogP contribution >= 0.6 is 0 Å². The van der Waals surface area contributed by atoms with Crippen LogP contribution in [0.5, 0.6) is 5.75 Å². The Bertz CT molecular complexity index is 1360. The first-order valence-corrected chi connectivity index (χ1v) is 13.2. The molecular weight excluding hydrogens is 465 g/mol. The Labute approximate surface area is 217 Å². The summed E-state index contributed by atoms with van der Waals surface area (Å²) in [5.41, 5.74) is 3.73. The largest absolute Gasteiger partial charge is 0.489 e. The van der Waals surface area contributed by atoms with Gasteiger partial charge in [-0.05, 0) is 72.8 Å². The second kappa shape index (κ2) is 12.2. The first-order valence-electron chi connectivity index (χ1n) is 13.2. The highest BCUT2D eigenvalue weighted by Gasteiger charge is 2.14. The number of piperidine rings is 1. The van der Waals surface area contributed by atoms with Crippen LogP contribution in [-0.2, 0) is 26.2 Å². The minimum Gasteiger partial charge on any atom is -0.489 e. The molecule has 4 aromatic rings. The Balaban J connectivity index is 1.38. The van der Waals surface area contributed by atoms with Gasteiger partial charge in [-0.3, -0.25) is 4.79 Å². The summed E-state index contributed by atoms with van der Waals surface area (Å²) in [6, 6.07) is 24.5. The summed E-state index contributed by atoms with van der Waals surface area (Å²) in [6.07, 6.45) is 3.73. The van der Waals surface area contributed by atoms with E-state index in [0.717, 1.165) is 53.0 Å². The van der Waals surface area contributed by atoms with Crippen LogP contribution in [0.25, 0.3) is 10.9 Å². The molecule has 0 atom stereocenters. The molecule has 0 spiro atoms. The quantitative estimate of drug-likeness (QED) is 0.313. The number of benzene rings is 3. The lowest BCUT2D eigenvalue weighted by Crippen LogP contribution is -2.36. The van der Waals surface area contributed by atoms with Gasteiger partial charge in [0.1, 0.15) is 18.2 Å². The fourth-order valence-electron chi connectivity index (χ4n) is 4.96. The highest BCUT2D eigenvalue weighted by Crippen LogP contribution is 2.22. The van der Waals surface area contributed by atoms with Gasteiger partial charge < -0.3 is 19.5 Å². The molecule has 0 aliphatic carbocycles. The zero-order valence-corrected chi connectivity index (χ0v) is 21.2. The van der Waals surface area contributed by atoms with Gasteiger partial charge in [-0.25, -0.2) is 4.39 Å². The number of likely N-dealkylation sites (tertiary alicyclic amines) is 1. The number of nitrogens with one attached hydrogen (secondary N) is 1. The monoisotopic (exact) mass is 499 g/mol. The van der Waals surface area contributed by atoms with Crippen molar-refractivity contribution in [1.29, 1.82) is 0 Å². The van der Waals surface area contributed by atoms with Crippen molar-refractivity contribution in [2.75, 3.05) is 19.6 Å². The van der Waals surface area contributed by atoms with Crippen LogP contribution < -0.4 is 15.6 Å². The van der Waals surface area contributed by atoms with Crippen LogP contribution in [-0.4, -0.2) is 29.1 Å². The van der Waals surface area contributed by atoms with Crippen LogP contribution in [0.2, 0.25) is 0 Å². The third-order valence-electron chi connectivity index (χ3n) is 7.04. The summed E-state index contributed by atoms with van der Waals surface area (Å²) in [6.45, 7) is 5.18. The first-order chi connectivity index (χ1) is 18.2. The van der Waals surface area contributed by atoms with E-state index in [2.05, 4.69) is 10.2 Å². The van der Waals surface area contributed by atoms with Crippen molar-refractivity contribution >= 4 is 10.9 Å². The predicted octanol–water partition coefficient (Wildman–Crippen LogP) is 5.50. The van der Waals surface area contributed by atoms with Gasteiger partial charge in [-0.1, -0.05) is 48.9 Å². The molecule has 0 saturated carbocycles. The second-order valence-electron chi connectivity index (χ2n) is 9.75. The Morgan fingerprint density at radius 2 is 1.59 bits per heavy atom. The molecule has 0 bridgehead atoms. The van der Waals surface area contributed by atoms with Crippen LogP contribution in [0.15, 0.2) is 83.7 Å². The molecule has 1 N–H and O–H groups in total. The van der Waals surface area contributed by atoms with Crippen LogP contribution in [0, 0.1) is 5.82 Å². The lowest BCUT2D eigenvalue weighted by molar-refractivity contribution is 0.221. The Hall–Kier alpha value is -3.48. The summed E-state index contributed by atoms with van der Waals surface area (Å²) in [7, 11) is 0. The number of fused-ring (bicyclic) bond motifs is 1. The van der Waals surface area contributed by atoms with Gasteiger partial charge in [-0.2, -0.15) is 0 Å². The zero-order chi connectivity index (χ0) is 25.5. The zero-order valence-electron chi connectivity index (χ0n) is 21.2. The minimum atomic E-state index is -0.248. The molecule has 0 unspecified atom stereocenters. The number of hydrogen-bond donors (Lipinski definition) is 1. The average molecular weight is 500 g/mol. The number of pyridine rings is 1. The lowest BCUT2D eigenvalue weighted by Gasteiger charge is -2.27. The van der Waals surface area contributed by atoms with Gasteiger partial charge in [0.15, 0.2) is 0 Å². The van der Waals surface area contributed by atoms with E-state index < -0.39 is 0 Å². The van der Waals surface area contributed by atoms with E-state index in [1.54, 1.807) is 12.1 Å². The molecule has 1 fully saturated rings. The molecule has 37 heavy (non-hydrogen) atoms. The number of halogens is 1. The van der Waals surface area contributed by atoms with E-state index in [1.165, 1.54) is 31.4 Å². The summed E-state index contributed by atoms with van der Waals surface area (Å²) >= 11 is 0. The van der Waals surface area contributed by atoms with Gasteiger partial charge in [0.2, 0.25) is 0 Å². The van der Waals surface area contributed by atoms with E-state index >= 15 is 0 Å². The fourth-order valence-corrected chi connectivity index (χ4v) is 4.96. The summed E-state index contributed by atoms with van der Waals surface area (Å²) in [5, 5.41) is 4.37. The van der Waals surface area contributed by atoms with Crippen molar-refractivity contribution in [3.63, 3.8) is 0 Å². The molecule has 0 amide bonds. The Morgan fingerprint density at radius 3 is 2.38 bits per heavy atom. The van der Waals surface area contributed by atoms with Gasteiger partial charge >= 0.3 is 0 Å². The number of ether oxygens (including phenoxy) is 1. The number of hydrogen-bond acceptors (Lipinski definition) is 4. The smallest absolute Gasteiger partial charge is 0.255 e. The normalized spacial score (nSPS) is 14.2. The molecule has 2 heterocycles. The third kappa shape index (κ3) is 6.64. The molecule has 6 heteroatoms. The second-order valence-corrected chi connectivity index (χ2v) is 9.75. The van der Waals surface area contributed by atoms with Crippen LogP contribution in [0.1, 0.15) is 36.0 Å². The highest BCUT2D eigenvalue weighted by atomic mass is 19.1. The van der Waals surface area contributed by atoms with Gasteiger partial charge in [-0.15, -0.1) is 0 Å². The standard InChI is InChI=1S/C31H34FN3O2/c32-28-12-9-24(10-13-28)21-33-22-27-19-26-11-14-29(37-23-25-7-3-1-4-8-25)20-30(26)35(31(27)36)18-17-34-15-5-2-6-16-34/h1,3-4,7-14,19-20,33H,2,5-6,15-18,21-23H2. The van der Waals surface area contributed by atoms with E-state index in [4.69, 9.17) is 4.74 Å². The van der Waals surface area contributed by atoms with Crippen molar-refractivity contribution < 1.29 is 9.13 Å².